The second-order valence-corrected chi connectivity index (χ2v) is 4.31. The van der Waals surface area contributed by atoms with Gasteiger partial charge in [0.15, 0.2) is 0 Å². The third-order valence-electron chi connectivity index (χ3n) is 2.68. The van der Waals surface area contributed by atoms with E-state index in [-0.39, 0.29) is 23.7 Å². The van der Waals surface area contributed by atoms with E-state index in [2.05, 4.69) is 10.3 Å². The van der Waals surface area contributed by atoms with Crippen LogP contribution in [0.3, 0.4) is 0 Å². The summed E-state index contributed by atoms with van der Waals surface area (Å²) >= 11 is 0. The predicted molar refractivity (Wildman–Crippen MR) is 72.2 cm³/mol. The van der Waals surface area contributed by atoms with E-state index in [1.165, 1.54) is 18.0 Å². The van der Waals surface area contributed by atoms with Gasteiger partial charge >= 0.3 is 0 Å². The predicted octanol–water partition coefficient (Wildman–Crippen LogP) is 1.26. The summed E-state index contributed by atoms with van der Waals surface area (Å²) in [6, 6.07) is 3.34. The molecule has 8 nitrogen and oxygen atoms in total. The smallest absolute Gasteiger partial charge is 0.300 e. The first kappa shape index (κ1) is 15.4. The van der Waals surface area contributed by atoms with Crippen molar-refractivity contribution in [3.63, 3.8) is 0 Å². The molecule has 0 fully saturated rings. The minimum atomic E-state index is -0.652. The fourth-order valence-corrected chi connectivity index (χ4v) is 1.64. The largest absolute Gasteiger partial charge is 0.373 e. The minimum Gasteiger partial charge on any atom is -0.373 e. The van der Waals surface area contributed by atoms with Crippen molar-refractivity contribution < 1.29 is 9.72 Å². The SMILES string of the molecule is CNc1cc(C(=O)N(C)CC(C)C#N)c([N+](=O)[O-])cn1. The number of nitrogens with one attached hydrogen (secondary N) is 1. The van der Waals surface area contributed by atoms with Gasteiger partial charge in [-0.1, -0.05) is 0 Å². The maximum absolute atomic E-state index is 12.2. The number of nitrogens with zero attached hydrogens (tertiary/aromatic N) is 4. The molecule has 106 valence electrons. The number of aromatic nitrogens is 1. The van der Waals surface area contributed by atoms with E-state index in [9.17, 15) is 14.9 Å². The zero-order valence-corrected chi connectivity index (χ0v) is 11.5. The molecule has 0 saturated heterocycles. The number of amides is 1. The minimum absolute atomic E-state index is 0.0537. The van der Waals surface area contributed by atoms with Crippen molar-refractivity contribution in [2.45, 2.75) is 6.92 Å². The molecule has 0 aliphatic rings. The van der Waals surface area contributed by atoms with Crippen molar-refractivity contribution in [2.75, 3.05) is 26.0 Å². The lowest BCUT2D eigenvalue weighted by molar-refractivity contribution is -0.385. The molecule has 0 aliphatic heterocycles. The summed E-state index contributed by atoms with van der Waals surface area (Å²) in [5.74, 6) is -0.507. The number of nitriles is 1. The van der Waals surface area contributed by atoms with Crippen LogP contribution in [0.2, 0.25) is 0 Å². The third-order valence-corrected chi connectivity index (χ3v) is 2.68. The van der Waals surface area contributed by atoms with Gasteiger partial charge in [0, 0.05) is 26.7 Å². The van der Waals surface area contributed by atoms with Crippen LogP contribution >= 0.6 is 0 Å². The monoisotopic (exact) mass is 277 g/mol. The van der Waals surface area contributed by atoms with Crippen molar-refractivity contribution in [2.24, 2.45) is 5.92 Å². The molecule has 1 amide bonds. The van der Waals surface area contributed by atoms with Gasteiger partial charge in [0.1, 0.15) is 17.6 Å². The van der Waals surface area contributed by atoms with E-state index in [0.717, 1.165) is 6.20 Å². The molecular weight excluding hydrogens is 262 g/mol. The summed E-state index contributed by atoms with van der Waals surface area (Å²) in [6.07, 6.45) is 1.04. The summed E-state index contributed by atoms with van der Waals surface area (Å²) in [4.78, 5) is 27.7. The number of carbonyl (C=O) groups is 1. The Hall–Kier alpha value is -2.69. The molecule has 0 saturated carbocycles. The Kier molecular flexibility index (Phi) is 4.97. The van der Waals surface area contributed by atoms with E-state index in [4.69, 9.17) is 5.26 Å². The summed E-state index contributed by atoms with van der Waals surface area (Å²) in [5, 5.41) is 22.4. The standard InChI is InChI=1S/C12H15N5O3/c1-8(5-13)7-16(3)12(18)9-4-11(14-2)15-6-10(9)17(19)20/h4,6,8H,7H2,1-3H3,(H,14,15). The highest BCUT2D eigenvalue weighted by Gasteiger charge is 2.24. The van der Waals surface area contributed by atoms with Crippen molar-refractivity contribution in [3.8, 4) is 6.07 Å². The first-order chi connectivity index (χ1) is 9.40. The van der Waals surface area contributed by atoms with Gasteiger partial charge in [-0.2, -0.15) is 5.26 Å². The number of carbonyl (C=O) groups excluding carboxylic acids is 1. The molecule has 1 atom stereocenters. The number of rotatable bonds is 5. The Morgan fingerprint density at radius 3 is 2.85 bits per heavy atom. The Morgan fingerprint density at radius 1 is 1.70 bits per heavy atom. The molecule has 0 spiro atoms. The van der Waals surface area contributed by atoms with Crippen LogP contribution in [-0.4, -0.2) is 41.4 Å². The molecule has 1 aromatic heterocycles. The summed E-state index contributed by atoms with van der Waals surface area (Å²) in [5.41, 5.74) is -0.410. The molecule has 1 unspecified atom stereocenters. The highest BCUT2D eigenvalue weighted by molar-refractivity contribution is 5.98. The highest BCUT2D eigenvalue weighted by atomic mass is 16.6. The van der Waals surface area contributed by atoms with Gasteiger partial charge in [0.25, 0.3) is 11.6 Å². The zero-order valence-electron chi connectivity index (χ0n) is 11.5. The molecule has 0 radical (unpaired) electrons. The summed E-state index contributed by atoms with van der Waals surface area (Å²) in [6.45, 7) is 1.87. The fraction of sp³-hybridized carbons (Fsp3) is 0.417. The molecule has 1 N–H and O–H groups in total. The highest BCUT2D eigenvalue weighted by Crippen LogP contribution is 2.21. The summed E-state index contributed by atoms with van der Waals surface area (Å²) < 4.78 is 0. The van der Waals surface area contributed by atoms with Gasteiger partial charge in [0.2, 0.25) is 0 Å². The van der Waals surface area contributed by atoms with Crippen LogP contribution in [0.25, 0.3) is 0 Å². The number of nitro groups is 1. The van der Waals surface area contributed by atoms with Crippen LogP contribution in [0.4, 0.5) is 11.5 Å². The Labute approximate surface area is 116 Å². The zero-order chi connectivity index (χ0) is 15.3. The van der Waals surface area contributed by atoms with E-state index in [0.29, 0.717) is 5.82 Å². The molecule has 1 rings (SSSR count). The fourth-order valence-electron chi connectivity index (χ4n) is 1.64. The molecule has 0 aliphatic carbocycles. The van der Waals surface area contributed by atoms with Gasteiger partial charge in [-0.15, -0.1) is 0 Å². The lowest BCUT2D eigenvalue weighted by atomic mass is 10.1. The molecule has 1 aromatic rings. The molecule has 0 aromatic carbocycles. The lowest BCUT2D eigenvalue weighted by Crippen LogP contribution is -2.31. The van der Waals surface area contributed by atoms with Crippen molar-refractivity contribution in [1.82, 2.24) is 9.88 Å². The summed E-state index contributed by atoms with van der Waals surface area (Å²) in [7, 11) is 3.10. The number of anilines is 1. The second-order valence-electron chi connectivity index (χ2n) is 4.31. The Morgan fingerprint density at radius 2 is 2.35 bits per heavy atom. The average Bonchev–Trinajstić information content (AvgIpc) is 2.45. The van der Waals surface area contributed by atoms with Crippen molar-refractivity contribution in [3.05, 3.63) is 27.9 Å². The average molecular weight is 277 g/mol. The second kappa shape index (κ2) is 6.47. The maximum Gasteiger partial charge on any atom is 0.300 e. The van der Waals surface area contributed by atoms with Gasteiger partial charge in [-0.3, -0.25) is 14.9 Å². The van der Waals surface area contributed by atoms with Crippen LogP contribution in [0.1, 0.15) is 17.3 Å². The quantitative estimate of drug-likeness (QED) is 0.640. The third kappa shape index (κ3) is 3.41. The molecule has 8 heteroatoms. The normalized spacial score (nSPS) is 11.3. The van der Waals surface area contributed by atoms with E-state index in [1.807, 2.05) is 6.07 Å². The van der Waals surface area contributed by atoms with Crippen LogP contribution in [-0.2, 0) is 0 Å². The molecule has 0 bridgehead atoms. The molecule has 20 heavy (non-hydrogen) atoms. The van der Waals surface area contributed by atoms with Crippen LogP contribution < -0.4 is 5.32 Å². The number of pyridine rings is 1. The van der Waals surface area contributed by atoms with Crippen molar-refractivity contribution in [1.29, 1.82) is 5.26 Å². The van der Waals surface area contributed by atoms with Gasteiger partial charge in [-0.25, -0.2) is 4.98 Å². The van der Waals surface area contributed by atoms with Gasteiger partial charge in [0.05, 0.1) is 16.9 Å². The van der Waals surface area contributed by atoms with Gasteiger partial charge < -0.3 is 10.2 Å². The van der Waals surface area contributed by atoms with Crippen LogP contribution in [0, 0.1) is 27.4 Å². The number of hydrogen-bond acceptors (Lipinski definition) is 6. The van der Waals surface area contributed by atoms with Gasteiger partial charge in [-0.05, 0) is 6.92 Å². The van der Waals surface area contributed by atoms with E-state index < -0.39 is 10.8 Å². The topological polar surface area (TPSA) is 112 Å². The first-order valence-electron chi connectivity index (χ1n) is 5.88. The Bertz CT molecular complexity index is 567. The maximum atomic E-state index is 12.2. The van der Waals surface area contributed by atoms with Crippen LogP contribution in [0.5, 0.6) is 0 Å². The first-order valence-corrected chi connectivity index (χ1v) is 5.88. The lowest BCUT2D eigenvalue weighted by Gasteiger charge is -2.18. The van der Waals surface area contributed by atoms with Crippen LogP contribution in [0.15, 0.2) is 12.3 Å². The van der Waals surface area contributed by atoms with E-state index >= 15 is 0 Å². The molecule has 1 heterocycles. The Balaban J connectivity index is 3.13. The van der Waals surface area contributed by atoms with Crippen molar-refractivity contribution >= 4 is 17.4 Å². The van der Waals surface area contributed by atoms with E-state index in [1.54, 1.807) is 14.0 Å². The molecular formula is C12H15N5O3. The number of hydrogen-bond donors (Lipinski definition) is 1.